The van der Waals surface area contributed by atoms with E-state index in [0.29, 0.717) is 18.6 Å². The van der Waals surface area contributed by atoms with Crippen LogP contribution in [0, 0.1) is 0 Å². The van der Waals surface area contributed by atoms with Gasteiger partial charge >= 0.3 is 0 Å². The Morgan fingerprint density at radius 3 is 2.62 bits per heavy atom. The Bertz CT molecular complexity index is 246. The molecule has 1 atom stereocenters. The van der Waals surface area contributed by atoms with Gasteiger partial charge in [0, 0.05) is 6.61 Å². The third kappa shape index (κ3) is 3.25. The van der Waals surface area contributed by atoms with E-state index in [1.165, 1.54) is 0 Å². The molecule has 3 nitrogen and oxygen atoms in total. The molecule has 3 heteroatoms. The molecular formula is C10H12O3. The van der Waals surface area contributed by atoms with Crippen molar-refractivity contribution < 1.29 is 14.3 Å². The summed E-state index contributed by atoms with van der Waals surface area (Å²) >= 11 is 0. The molecule has 0 saturated carbocycles. The zero-order valence-corrected chi connectivity index (χ0v) is 7.47. The molecule has 1 aromatic rings. The number of carbonyl (C=O) groups excluding carboxylic acids is 1. The first-order chi connectivity index (χ1) is 6.36. The number of ether oxygens (including phenoxy) is 2. The summed E-state index contributed by atoms with van der Waals surface area (Å²) in [6.45, 7) is 2.26. The first kappa shape index (κ1) is 9.74. The van der Waals surface area contributed by atoms with Crippen molar-refractivity contribution in [1.29, 1.82) is 0 Å². The van der Waals surface area contributed by atoms with Crippen molar-refractivity contribution in [3.63, 3.8) is 0 Å². The predicted octanol–water partition coefficient (Wildman–Crippen LogP) is 1.63. The van der Waals surface area contributed by atoms with Gasteiger partial charge in [0.2, 0.25) is 0 Å². The lowest BCUT2D eigenvalue weighted by atomic mass is 10.3. The molecule has 0 heterocycles. The van der Waals surface area contributed by atoms with Crippen LogP contribution in [0.1, 0.15) is 6.92 Å². The van der Waals surface area contributed by atoms with E-state index >= 15 is 0 Å². The van der Waals surface area contributed by atoms with E-state index in [-0.39, 0.29) is 0 Å². The van der Waals surface area contributed by atoms with Gasteiger partial charge in [-0.2, -0.15) is 0 Å². The quantitative estimate of drug-likeness (QED) is 0.510. The molecule has 0 fully saturated rings. The lowest BCUT2D eigenvalue weighted by Crippen LogP contribution is -2.21. The van der Waals surface area contributed by atoms with Crippen LogP contribution in [0.15, 0.2) is 30.3 Å². The van der Waals surface area contributed by atoms with Gasteiger partial charge in [0.25, 0.3) is 6.29 Å². The Balaban J connectivity index is 2.51. The number of benzene rings is 1. The highest BCUT2D eigenvalue weighted by Crippen LogP contribution is 2.10. The highest BCUT2D eigenvalue weighted by Gasteiger charge is 2.06. The Hall–Kier alpha value is -1.35. The van der Waals surface area contributed by atoms with Crippen LogP contribution in [-0.2, 0) is 9.53 Å². The maximum Gasteiger partial charge on any atom is 0.256 e. The lowest BCUT2D eigenvalue weighted by molar-refractivity contribution is -0.136. The van der Waals surface area contributed by atoms with Crippen molar-refractivity contribution in [2.75, 3.05) is 6.61 Å². The molecule has 70 valence electrons. The molecule has 0 amide bonds. The van der Waals surface area contributed by atoms with Crippen molar-refractivity contribution in [1.82, 2.24) is 0 Å². The maximum absolute atomic E-state index is 10.4. The third-order valence-electron chi connectivity index (χ3n) is 1.44. The second-order valence-electron chi connectivity index (χ2n) is 2.39. The van der Waals surface area contributed by atoms with Crippen LogP contribution >= 0.6 is 0 Å². The smallest absolute Gasteiger partial charge is 0.256 e. The molecule has 0 saturated heterocycles. The zero-order chi connectivity index (χ0) is 9.52. The van der Waals surface area contributed by atoms with Crippen LogP contribution in [0.5, 0.6) is 5.75 Å². The van der Waals surface area contributed by atoms with Crippen LogP contribution < -0.4 is 4.74 Å². The summed E-state index contributed by atoms with van der Waals surface area (Å²) in [6, 6.07) is 9.10. The van der Waals surface area contributed by atoms with Gasteiger partial charge in [0.05, 0.1) is 0 Å². The van der Waals surface area contributed by atoms with E-state index in [1.54, 1.807) is 12.1 Å². The van der Waals surface area contributed by atoms with Crippen LogP contribution in [0.3, 0.4) is 0 Å². The van der Waals surface area contributed by atoms with E-state index in [1.807, 2.05) is 25.1 Å². The van der Waals surface area contributed by atoms with E-state index in [2.05, 4.69) is 0 Å². The molecule has 0 aliphatic rings. The third-order valence-corrected chi connectivity index (χ3v) is 1.44. The van der Waals surface area contributed by atoms with E-state index in [4.69, 9.17) is 9.47 Å². The van der Waals surface area contributed by atoms with Gasteiger partial charge in [0.15, 0.2) is 6.29 Å². The number of hydrogen-bond acceptors (Lipinski definition) is 3. The number of hydrogen-bond donors (Lipinski definition) is 0. The average Bonchev–Trinajstić information content (AvgIpc) is 2.19. The van der Waals surface area contributed by atoms with Crippen LogP contribution in [0.25, 0.3) is 0 Å². The van der Waals surface area contributed by atoms with E-state index in [9.17, 15) is 4.79 Å². The van der Waals surface area contributed by atoms with Crippen LogP contribution in [0.2, 0.25) is 0 Å². The summed E-state index contributed by atoms with van der Waals surface area (Å²) in [5.41, 5.74) is 0. The predicted molar refractivity (Wildman–Crippen MR) is 48.5 cm³/mol. The number of para-hydroxylation sites is 1. The first-order valence-corrected chi connectivity index (χ1v) is 4.15. The molecule has 0 N–H and O–H groups in total. The molecule has 0 radical (unpaired) electrons. The fourth-order valence-electron chi connectivity index (χ4n) is 0.899. The Morgan fingerprint density at radius 2 is 2.08 bits per heavy atom. The number of carbonyl (C=O) groups is 1. The van der Waals surface area contributed by atoms with Gasteiger partial charge in [-0.15, -0.1) is 0 Å². The number of rotatable bonds is 5. The molecule has 0 aliphatic carbocycles. The van der Waals surface area contributed by atoms with Gasteiger partial charge in [-0.1, -0.05) is 18.2 Å². The average molecular weight is 180 g/mol. The lowest BCUT2D eigenvalue weighted by Gasteiger charge is -2.12. The Morgan fingerprint density at radius 1 is 1.38 bits per heavy atom. The Kier molecular flexibility index (Phi) is 3.99. The monoisotopic (exact) mass is 180 g/mol. The van der Waals surface area contributed by atoms with Crippen LogP contribution in [0.4, 0.5) is 0 Å². The normalized spacial score (nSPS) is 12.1. The van der Waals surface area contributed by atoms with Crippen molar-refractivity contribution in [3.05, 3.63) is 30.3 Å². The van der Waals surface area contributed by atoms with Crippen molar-refractivity contribution in [2.45, 2.75) is 13.2 Å². The molecule has 0 aromatic heterocycles. The Labute approximate surface area is 77.3 Å². The summed E-state index contributed by atoms with van der Waals surface area (Å²) in [4.78, 5) is 10.4. The minimum atomic E-state index is -0.799. The highest BCUT2D eigenvalue weighted by atomic mass is 16.7. The van der Waals surface area contributed by atoms with Crippen molar-refractivity contribution in [3.8, 4) is 5.75 Å². The van der Waals surface area contributed by atoms with Gasteiger partial charge < -0.3 is 9.47 Å². The summed E-state index contributed by atoms with van der Waals surface area (Å²) in [5, 5.41) is 0. The van der Waals surface area contributed by atoms with Gasteiger partial charge in [-0.05, 0) is 19.1 Å². The maximum atomic E-state index is 10.4. The summed E-state index contributed by atoms with van der Waals surface area (Å²) in [7, 11) is 0. The highest BCUT2D eigenvalue weighted by molar-refractivity contribution is 5.54. The molecule has 0 bridgehead atoms. The standard InChI is InChI=1S/C10H12O3/c1-2-12-10(8-11)13-9-6-4-3-5-7-9/h3-8,10H,2H2,1H3. The van der Waals surface area contributed by atoms with Gasteiger partial charge in [-0.3, -0.25) is 4.79 Å². The molecule has 1 unspecified atom stereocenters. The summed E-state index contributed by atoms with van der Waals surface area (Å²) in [5.74, 6) is 0.632. The summed E-state index contributed by atoms with van der Waals surface area (Å²) < 4.78 is 10.2. The molecule has 1 rings (SSSR count). The zero-order valence-electron chi connectivity index (χ0n) is 7.47. The fourth-order valence-corrected chi connectivity index (χ4v) is 0.899. The SMILES string of the molecule is CCOC(C=O)Oc1ccccc1. The van der Waals surface area contributed by atoms with Crippen LogP contribution in [-0.4, -0.2) is 19.2 Å². The van der Waals surface area contributed by atoms with Gasteiger partial charge in [-0.25, -0.2) is 0 Å². The first-order valence-electron chi connectivity index (χ1n) is 4.15. The fraction of sp³-hybridized carbons (Fsp3) is 0.300. The molecule has 0 aliphatic heterocycles. The van der Waals surface area contributed by atoms with E-state index in [0.717, 1.165) is 0 Å². The number of aldehydes is 1. The molecular weight excluding hydrogens is 168 g/mol. The second kappa shape index (κ2) is 5.32. The molecule has 0 spiro atoms. The summed E-state index contributed by atoms with van der Waals surface area (Å²) in [6.07, 6.45) is -0.163. The topological polar surface area (TPSA) is 35.5 Å². The van der Waals surface area contributed by atoms with Crippen molar-refractivity contribution >= 4 is 6.29 Å². The van der Waals surface area contributed by atoms with E-state index < -0.39 is 6.29 Å². The molecule has 1 aromatic carbocycles. The minimum absolute atomic E-state index is 0.455. The molecule has 13 heavy (non-hydrogen) atoms. The second-order valence-corrected chi connectivity index (χ2v) is 2.39. The van der Waals surface area contributed by atoms with Crippen molar-refractivity contribution in [2.24, 2.45) is 0 Å². The minimum Gasteiger partial charge on any atom is -0.458 e. The largest absolute Gasteiger partial charge is 0.458 e. The van der Waals surface area contributed by atoms with Gasteiger partial charge in [0.1, 0.15) is 5.75 Å².